The number of rotatable bonds is 1. The molecule has 0 aliphatic carbocycles. The van der Waals surface area contributed by atoms with Gasteiger partial charge in [-0.2, -0.15) is 0 Å². The second kappa shape index (κ2) is 4.87. The van der Waals surface area contributed by atoms with E-state index in [1.165, 1.54) is 25.8 Å². The van der Waals surface area contributed by atoms with Gasteiger partial charge in [0.1, 0.15) is 0 Å². The molecule has 4 atom stereocenters. The summed E-state index contributed by atoms with van der Waals surface area (Å²) in [7, 11) is 2.08. The molecule has 0 amide bonds. The maximum absolute atomic E-state index is 3.81. The van der Waals surface area contributed by atoms with Crippen molar-refractivity contribution in [1.82, 2.24) is 15.5 Å². The van der Waals surface area contributed by atoms with Crippen molar-refractivity contribution in [3.8, 4) is 0 Å². The van der Waals surface area contributed by atoms with Crippen LogP contribution in [0.3, 0.4) is 0 Å². The molecule has 0 radical (unpaired) electrons. The van der Waals surface area contributed by atoms with Crippen LogP contribution >= 0.6 is 0 Å². The minimum Gasteiger partial charge on any atom is -0.305 e. The molecule has 100 valence electrons. The van der Waals surface area contributed by atoms with E-state index in [1.54, 1.807) is 0 Å². The van der Waals surface area contributed by atoms with E-state index in [-0.39, 0.29) is 5.54 Å². The Kier molecular flexibility index (Phi) is 3.81. The van der Waals surface area contributed by atoms with Gasteiger partial charge in [0.05, 0.1) is 6.17 Å². The van der Waals surface area contributed by atoms with Gasteiger partial charge in [-0.1, -0.05) is 13.3 Å². The van der Waals surface area contributed by atoms with Crippen LogP contribution in [0.5, 0.6) is 0 Å². The minimum absolute atomic E-state index is 0.175. The summed E-state index contributed by atoms with van der Waals surface area (Å²) in [6.45, 7) is 10.7. The lowest BCUT2D eigenvalue weighted by Gasteiger charge is -2.44. The fourth-order valence-corrected chi connectivity index (χ4v) is 3.65. The molecule has 2 fully saturated rings. The second-order valence-corrected chi connectivity index (χ2v) is 6.47. The van der Waals surface area contributed by atoms with Crippen LogP contribution in [-0.2, 0) is 0 Å². The van der Waals surface area contributed by atoms with Crippen LogP contribution in [0.15, 0.2) is 0 Å². The summed E-state index contributed by atoms with van der Waals surface area (Å²) in [5, 5.41) is 7.27. The summed E-state index contributed by atoms with van der Waals surface area (Å²) < 4.78 is 0. The van der Waals surface area contributed by atoms with Gasteiger partial charge in [-0.05, 0) is 47.2 Å². The van der Waals surface area contributed by atoms with Crippen LogP contribution < -0.4 is 10.6 Å². The zero-order valence-corrected chi connectivity index (χ0v) is 12.1. The molecule has 2 aliphatic rings. The molecule has 0 aromatic heterocycles. The quantitative estimate of drug-likeness (QED) is 0.730. The van der Waals surface area contributed by atoms with Gasteiger partial charge < -0.3 is 5.32 Å². The fraction of sp³-hybridized carbons (Fsp3) is 1.00. The lowest BCUT2D eigenvalue weighted by atomic mass is 9.88. The summed E-state index contributed by atoms with van der Waals surface area (Å²) in [4.78, 5) is 2.75. The lowest BCUT2D eigenvalue weighted by Crippen LogP contribution is -2.58. The van der Waals surface area contributed by atoms with E-state index < -0.39 is 0 Å². The first-order chi connectivity index (χ1) is 7.97. The summed E-state index contributed by atoms with van der Waals surface area (Å²) >= 11 is 0. The van der Waals surface area contributed by atoms with Gasteiger partial charge in [-0.25, -0.2) is 0 Å². The molecule has 2 aliphatic heterocycles. The Bertz CT molecular complexity index is 264. The van der Waals surface area contributed by atoms with Crippen LogP contribution in [0.25, 0.3) is 0 Å². The summed E-state index contributed by atoms with van der Waals surface area (Å²) in [6, 6.07) is 1.35. The van der Waals surface area contributed by atoms with Crippen LogP contribution in [0.1, 0.15) is 47.0 Å². The largest absolute Gasteiger partial charge is 0.305 e. The first-order valence-electron chi connectivity index (χ1n) is 7.18. The summed E-state index contributed by atoms with van der Waals surface area (Å²) in [6.07, 6.45) is 4.56. The summed E-state index contributed by atoms with van der Waals surface area (Å²) in [5.41, 5.74) is 0.175. The van der Waals surface area contributed by atoms with Crippen LogP contribution in [0, 0.1) is 5.92 Å². The maximum atomic E-state index is 3.81. The van der Waals surface area contributed by atoms with E-state index in [2.05, 4.69) is 50.3 Å². The Balaban J connectivity index is 2.28. The number of nitrogens with one attached hydrogen (secondary N) is 2. The lowest BCUT2D eigenvalue weighted by molar-refractivity contribution is 0.0574. The average molecular weight is 239 g/mol. The highest BCUT2D eigenvalue weighted by Crippen LogP contribution is 2.33. The van der Waals surface area contributed by atoms with Gasteiger partial charge in [0, 0.05) is 23.5 Å². The number of nitrogens with zero attached hydrogens (tertiary/aromatic N) is 1. The maximum Gasteiger partial charge on any atom is 0.0615 e. The van der Waals surface area contributed by atoms with Crippen molar-refractivity contribution in [2.45, 2.75) is 70.7 Å². The van der Waals surface area contributed by atoms with Gasteiger partial charge in [0.25, 0.3) is 0 Å². The zero-order valence-electron chi connectivity index (χ0n) is 12.1. The normalized spacial score (nSPS) is 42.9. The van der Waals surface area contributed by atoms with Gasteiger partial charge >= 0.3 is 0 Å². The van der Waals surface area contributed by atoms with Crippen molar-refractivity contribution in [2.24, 2.45) is 5.92 Å². The molecular formula is C14H29N3. The van der Waals surface area contributed by atoms with Crippen molar-refractivity contribution < 1.29 is 0 Å². The predicted molar refractivity (Wildman–Crippen MR) is 73.0 cm³/mol. The molecule has 2 heterocycles. The van der Waals surface area contributed by atoms with E-state index in [9.17, 15) is 0 Å². The molecule has 2 rings (SSSR count). The van der Waals surface area contributed by atoms with E-state index in [0.717, 1.165) is 6.04 Å². The Morgan fingerprint density at radius 1 is 1.24 bits per heavy atom. The highest BCUT2D eigenvalue weighted by molar-refractivity contribution is 5.01. The number of piperidine rings is 1. The monoisotopic (exact) mass is 239 g/mol. The van der Waals surface area contributed by atoms with Gasteiger partial charge in [0.15, 0.2) is 0 Å². The van der Waals surface area contributed by atoms with E-state index in [0.29, 0.717) is 18.1 Å². The average Bonchev–Trinajstić information content (AvgIpc) is 2.40. The minimum atomic E-state index is 0.175. The standard InChI is InChI=1S/C14H29N3/c1-10-12-8-6-7-9-17(12)11(2)14(3,4)16-13(10)15-5/h10-13,15-16H,6-9H2,1-5H3. The number of hydrogen-bond donors (Lipinski definition) is 2. The van der Waals surface area contributed by atoms with Gasteiger partial charge in [-0.3, -0.25) is 10.2 Å². The smallest absolute Gasteiger partial charge is 0.0615 e. The Hall–Kier alpha value is -0.120. The first kappa shape index (κ1) is 13.3. The predicted octanol–water partition coefficient (Wildman–Crippen LogP) is 1.79. The molecule has 0 aromatic rings. The second-order valence-electron chi connectivity index (χ2n) is 6.47. The number of fused-ring (bicyclic) bond motifs is 1. The molecule has 2 N–H and O–H groups in total. The molecule has 3 nitrogen and oxygen atoms in total. The molecule has 0 spiro atoms. The molecule has 0 aromatic carbocycles. The third kappa shape index (κ3) is 2.38. The van der Waals surface area contributed by atoms with Gasteiger partial charge in [-0.15, -0.1) is 0 Å². The Morgan fingerprint density at radius 2 is 1.94 bits per heavy atom. The third-order valence-electron chi connectivity index (χ3n) is 5.11. The van der Waals surface area contributed by atoms with Crippen molar-refractivity contribution >= 4 is 0 Å². The topological polar surface area (TPSA) is 27.3 Å². The van der Waals surface area contributed by atoms with Crippen molar-refractivity contribution in [1.29, 1.82) is 0 Å². The van der Waals surface area contributed by atoms with E-state index in [4.69, 9.17) is 0 Å². The van der Waals surface area contributed by atoms with Crippen LogP contribution in [0.2, 0.25) is 0 Å². The zero-order chi connectivity index (χ0) is 12.6. The first-order valence-corrected chi connectivity index (χ1v) is 7.18. The SMILES string of the molecule is CNC1NC(C)(C)C(C)N2CCCCC2C1C. The van der Waals surface area contributed by atoms with Gasteiger partial charge in [0.2, 0.25) is 0 Å². The molecular weight excluding hydrogens is 210 g/mol. The Morgan fingerprint density at radius 3 is 2.59 bits per heavy atom. The highest BCUT2D eigenvalue weighted by Gasteiger charge is 2.43. The van der Waals surface area contributed by atoms with Crippen molar-refractivity contribution in [3.63, 3.8) is 0 Å². The Labute approximate surface area is 106 Å². The molecule has 3 heteroatoms. The molecule has 2 saturated heterocycles. The molecule has 0 saturated carbocycles. The molecule has 0 bridgehead atoms. The van der Waals surface area contributed by atoms with Crippen molar-refractivity contribution in [2.75, 3.05) is 13.6 Å². The van der Waals surface area contributed by atoms with Crippen LogP contribution in [-0.4, -0.2) is 42.3 Å². The fourth-order valence-electron chi connectivity index (χ4n) is 3.65. The van der Waals surface area contributed by atoms with E-state index >= 15 is 0 Å². The van der Waals surface area contributed by atoms with E-state index in [1.807, 2.05) is 0 Å². The summed E-state index contributed by atoms with van der Waals surface area (Å²) in [5.74, 6) is 0.671. The van der Waals surface area contributed by atoms with Crippen LogP contribution in [0.4, 0.5) is 0 Å². The highest BCUT2D eigenvalue weighted by atomic mass is 15.3. The molecule has 4 unspecified atom stereocenters. The van der Waals surface area contributed by atoms with Crippen molar-refractivity contribution in [3.05, 3.63) is 0 Å². The number of hydrogen-bond acceptors (Lipinski definition) is 3. The third-order valence-corrected chi connectivity index (χ3v) is 5.11. The molecule has 17 heavy (non-hydrogen) atoms.